The molecule has 0 aromatic rings. The summed E-state index contributed by atoms with van der Waals surface area (Å²) in [5, 5.41) is 1.39. The Balaban J connectivity index is 3.58. The van der Waals surface area contributed by atoms with Crippen LogP contribution >= 0.6 is 37.0 Å². The zero-order valence-corrected chi connectivity index (χ0v) is 8.64. The molecule has 0 fully saturated rings. The zero-order valence-electron chi connectivity index (χ0n) is 6.03. The van der Waals surface area contributed by atoms with E-state index in [4.69, 9.17) is 0 Å². The highest BCUT2D eigenvalue weighted by atomic mass is 32.2. The molecule has 3 unspecified atom stereocenters. The van der Waals surface area contributed by atoms with Crippen molar-refractivity contribution in [2.45, 2.75) is 29.6 Å². The van der Waals surface area contributed by atoms with Gasteiger partial charge in [-0.1, -0.05) is 13.8 Å². The standard InChI is InChI=1S/C6H14S3/c1-4(7)6(8)5(2)9-3/h4-8H,1-3H3. The Bertz CT molecular complexity index is 72.7. The summed E-state index contributed by atoms with van der Waals surface area (Å²) in [6, 6.07) is 0. The molecule has 0 aliphatic rings. The van der Waals surface area contributed by atoms with Crippen molar-refractivity contribution < 1.29 is 0 Å². The highest BCUT2D eigenvalue weighted by molar-refractivity contribution is 8.00. The fourth-order valence-electron chi connectivity index (χ4n) is 0.532. The maximum atomic E-state index is 4.40. The van der Waals surface area contributed by atoms with Gasteiger partial charge in [-0.15, -0.1) is 0 Å². The molecule has 0 nitrogen and oxygen atoms in total. The lowest BCUT2D eigenvalue weighted by atomic mass is 10.2. The van der Waals surface area contributed by atoms with Gasteiger partial charge in [-0.25, -0.2) is 0 Å². The van der Waals surface area contributed by atoms with Gasteiger partial charge in [0.2, 0.25) is 0 Å². The molecule has 0 aromatic heterocycles. The van der Waals surface area contributed by atoms with Crippen LogP contribution in [0, 0.1) is 0 Å². The molecule has 0 heterocycles. The molecule has 3 atom stereocenters. The molecule has 0 rings (SSSR count). The molecule has 0 radical (unpaired) electrons. The minimum Gasteiger partial charge on any atom is -0.175 e. The van der Waals surface area contributed by atoms with Gasteiger partial charge in [-0.3, -0.25) is 0 Å². The van der Waals surface area contributed by atoms with Crippen molar-refractivity contribution in [1.29, 1.82) is 0 Å². The van der Waals surface area contributed by atoms with Crippen LogP contribution in [0.15, 0.2) is 0 Å². The average Bonchev–Trinajstić information content (AvgIpc) is 1.84. The molecule has 0 N–H and O–H groups in total. The second-order valence-electron chi connectivity index (χ2n) is 2.17. The molecule has 0 aromatic carbocycles. The van der Waals surface area contributed by atoms with E-state index in [1.807, 2.05) is 11.8 Å². The van der Waals surface area contributed by atoms with Crippen LogP contribution in [-0.4, -0.2) is 22.0 Å². The second-order valence-corrected chi connectivity index (χ2v) is 4.80. The predicted octanol–water partition coefficient (Wildman–Crippen LogP) is 2.35. The summed E-state index contributed by atoms with van der Waals surface area (Å²) < 4.78 is 0. The number of hydrogen-bond donors (Lipinski definition) is 2. The SMILES string of the molecule is CSC(C)C(S)C(C)S. The minimum absolute atomic E-state index is 0.385. The Morgan fingerprint density at radius 2 is 1.67 bits per heavy atom. The highest BCUT2D eigenvalue weighted by Gasteiger charge is 2.15. The van der Waals surface area contributed by atoms with Crippen LogP contribution in [0.5, 0.6) is 0 Å². The number of thiol groups is 2. The first kappa shape index (κ1) is 10.0. The van der Waals surface area contributed by atoms with Crippen LogP contribution in [0.3, 0.4) is 0 Å². The fraction of sp³-hybridized carbons (Fsp3) is 1.00. The smallest absolute Gasteiger partial charge is 0.0247 e. The van der Waals surface area contributed by atoms with Crippen LogP contribution < -0.4 is 0 Å². The quantitative estimate of drug-likeness (QED) is 0.632. The molecule has 0 spiro atoms. The van der Waals surface area contributed by atoms with Gasteiger partial charge in [-0.05, 0) is 6.26 Å². The van der Waals surface area contributed by atoms with Crippen LogP contribution in [-0.2, 0) is 0 Å². The van der Waals surface area contributed by atoms with Crippen molar-refractivity contribution in [1.82, 2.24) is 0 Å². The lowest BCUT2D eigenvalue weighted by Gasteiger charge is -2.19. The largest absolute Gasteiger partial charge is 0.175 e. The van der Waals surface area contributed by atoms with Crippen LogP contribution in [0.2, 0.25) is 0 Å². The topological polar surface area (TPSA) is 0 Å². The van der Waals surface area contributed by atoms with E-state index in [1.54, 1.807) is 0 Å². The van der Waals surface area contributed by atoms with Gasteiger partial charge < -0.3 is 0 Å². The van der Waals surface area contributed by atoms with Crippen LogP contribution in [0.1, 0.15) is 13.8 Å². The number of thioether (sulfide) groups is 1. The third-order valence-electron chi connectivity index (χ3n) is 1.35. The van der Waals surface area contributed by atoms with Gasteiger partial charge in [0.25, 0.3) is 0 Å². The fourth-order valence-corrected chi connectivity index (χ4v) is 1.79. The molecular formula is C6H14S3. The van der Waals surface area contributed by atoms with Crippen molar-refractivity contribution in [3.8, 4) is 0 Å². The van der Waals surface area contributed by atoms with E-state index < -0.39 is 0 Å². The van der Waals surface area contributed by atoms with Gasteiger partial charge in [-0.2, -0.15) is 37.0 Å². The lowest BCUT2D eigenvalue weighted by Crippen LogP contribution is -2.22. The Morgan fingerprint density at radius 3 is 1.78 bits per heavy atom. The van der Waals surface area contributed by atoms with Gasteiger partial charge >= 0.3 is 0 Å². The van der Waals surface area contributed by atoms with E-state index >= 15 is 0 Å². The number of rotatable bonds is 3. The van der Waals surface area contributed by atoms with E-state index in [1.165, 1.54) is 0 Å². The van der Waals surface area contributed by atoms with Gasteiger partial charge in [0.15, 0.2) is 0 Å². The molecule has 0 saturated carbocycles. The van der Waals surface area contributed by atoms with Gasteiger partial charge in [0.1, 0.15) is 0 Å². The Hall–Kier alpha value is 1.05. The van der Waals surface area contributed by atoms with Gasteiger partial charge in [0, 0.05) is 15.7 Å². The summed E-state index contributed by atoms with van der Waals surface area (Å²) >= 11 is 10.5. The third kappa shape index (κ3) is 3.68. The normalized spacial score (nSPS) is 21.0. The Kier molecular flexibility index (Phi) is 5.36. The maximum absolute atomic E-state index is 4.40. The third-order valence-corrected chi connectivity index (χ3v) is 4.04. The van der Waals surface area contributed by atoms with E-state index in [0.29, 0.717) is 15.7 Å². The minimum atomic E-state index is 0.385. The summed E-state index contributed by atoms with van der Waals surface area (Å²) in [6.07, 6.45) is 2.10. The molecule has 3 heteroatoms. The summed E-state index contributed by atoms with van der Waals surface area (Å²) in [4.78, 5) is 0. The first-order valence-electron chi connectivity index (χ1n) is 2.98. The molecule has 0 amide bonds. The van der Waals surface area contributed by atoms with Gasteiger partial charge in [0.05, 0.1) is 0 Å². The van der Waals surface area contributed by atoms with Crippen molar-refractivity contribution in [3.63, 3.8) is 0 Å². The second kappa shape index (κ2) is 4.80. The summed E-state index contributed by atoms with van der Waals surface area (Å²) in [5.74, 6) is 0. The van der Waals surface area contributed by atoms with Crippen molar-refractivity contribution in [2.75, 3.05) is 6.26 Å². The summed E-state index contributed by atoms with van der Waals surface area (Å²) in [6.45, 7) is 4.25. The van der Waals surface area contributed by atoms with Crippen molar-refractivity contribution >= 4 is 37.0 Å². The molecule has 9 heavy (non-hydrogen) atoms. The molecule has 0 aliphatic carbocycles. The first-order valence-corrected chi connectivity index (χ1v) is 5.30. The summed E-state index contributed by atoms with van der Waals surface area (Å²) in [7, 11) is 0. The first-order chi connectivity index (χ1) is 4.09. The van der Waals surface area contributed by atoms with Crippen molar-refractivity contribution in [2.24, 2.45) is 0 Å². The summed E-state index contributed by atoms with van der Waals surface area (Å²) in [5.41, 5.74) is 0. The van der Waals surface area contributed by atoms with E-state index in [2.05, 4.69) is 45.4 Å². The maximum Gasteiger partial charge on any atom is 0.0247 e. The van der Waals surface area contributed by atoms with E-state index in [9.17, 15) is 0 Å². The molecule has 0 aliphatic heterocycles. The van der Waals surface area contributed by atoms with Crippen molar-refractivity contribution in [3.05, 3.63) is 0 Å². The number of hydrogen-bond acceptors (Lipinski definition) is 3. The monoisotopic (exact) mass is 182 g/mol. The predicted molar refractivity (Wildman–Crippen MR) is 54.2 cm³/mol. The lowest BCUT2D eigenvalue weighted by molar-refractivity contribution is 0.835. The molecular weight excluding hydrogens is 168 g/mol. The highest BCUT2D eigenvalue weighted by Crippen LogP contribution is 2.20. The van der Waals surface area contributed by atoms with E-state index in [0.717, 1.165) is 0 Å². The molecule has 0 saturated heterocycles. The van der Waals surface area contributed by atoms with Crippen LogP contribution in [0.25, 0.3) is 0 Å². The molecule has 56 valence electrons. The molecule has 0 bridgehead atoms. The van der Waals surface area contributed by atoms with E-state index in [-0.39, 0.29) is 0 Å². The average molecular weight is 182 g/mol. The zero-order chi connectivity index (χ0) is 7.44. The Morgan fingerprint density at radius 1 is 1.22 bits per heavy atom. The Labute approximate surface area is 73.0 Å². The van der Waals surface area contributed by atoms with Crippen LogP contribution in [0.4, 0.5) is 0 Å².